The van der Waals surface area contributed by atoms with E-state index in [4.69, 9.17) is 14.2 Å². The fourth-order valence-electron chi connectivity index (χ4n) is 2.68. The number of hydrogen-bond acceptors (Lipinski definition) is 6. The van der Waals surface area contributed by atoms with E-state index in [1.165, 1.54) is 6.08 Å². The number of benzene rings is 2. The van der Waals surface area contributed by atoms with Gasteiger partial charge in [-0.05, 0) is 55.0 Å². The van der Waals surface area contributed by atoms with Crippen molar-refractivity contribution in [1.29, 1.82) is 0 Å². The van der Waals surface area contributed by atoms with E-state index in [1.807, 2.05) is 42.5 Å². The maximum atomic E-state index is 12.2. The highest BCUT2D eigenvalue weighted by molar-refractivity contribution is 6.02. The summed E-state index contributed by atoms with van der Waals surface area (Å²) in [7, 11) is 0. The summed E-state index contributed by atoms with van der Waals surface area (Å²) in [6, 6.07) is 19.9. The Kier molecular flexibility index (Phi) is 8.39. The van der Waals surface area contributed by atoms with Crippen molar-refractivity contribution >= 4 is 23.6 Å². The number of rotatable bonds is 10. The van der Waals surface area contributed by atoms with Gasteiger partial charge >= 0.3 is 5.97 Å². The second-order valence-electron chi connectivity index (χ2n) is 6.62. The first-order chi connectivity index (χ1) is 15.6. The zero-order valence-electron chi connectivity index (χ0n) is 17.7. The number of ether oxygens (including phenoxy) is 3. The Labute approximate surface area is 186 Å². The Morgan fingerprint density at radius 2 is 1.81 bits per heavy atom. The quantitative estimate of drug-likeness (QED) is 0.381. The van der Waals surface area contributed by atoms with E-state index >= 15 is 0 Å². The first-order valence-electron chi connectivity index (χ1n) is 10.1. The topological polar surface area (TPSA) is 86.8 Å². The lowest BCUT2D eigenvalue weighted by Crippen LogP contribution is -2.14. The van der Waals surface area contributed by atoms with Crippen molar-refractivity contribution < 1.29 is 23.8 Å². The second kappa shape index (κ2) is 11.9. The highest BCUT2D eigenvalue weighted by Gasteiger charge is 2.05. The third kappa shape index (κ3) is 7.60. The summed E-state index contributed by atoms with van der Waals surface area (Å²) in [6.45, 7) is 2.23. The Hall–Kier alpha value is -4.13. The van der Waals surface area contributed by atoms with E-state index < -0.39 is 5.97 Å². The van der Waals surface area contributed by atoms with Gasteiger partial charge in [0.2, 0.25) is 5.91 Å². The molecule has 164 valence electrons. The molecule has 0 spiro atoms. The molecule has 0 bridgehead atoms. The summed E-state index contributed by atoms with van der Waals surface area (Å²) < 4.78 is 15.9. The molecular formula is C25H24N2O5. The number of nitrogens with one attached hydrogen (secondary N) is 1. The molecule has 7 heteroatoms. The van der Waals surface area contributed by atoms with Gasteiger partial charge in [0.05, 0.1) is 12.3 Å². The number of carbonyl (C=O) groups is 2. The normalized spacial score (nSPS) is 10.5. The third-order valence-electron chi connectivity index (χ3n) is 4.18. The molecule has 7 nitrogen and oxygen atoms in total. The summed E-state index contributed by atoms with van der Waals surface area (Å²) in [5.74, 6) is 0.444. The monoisotopic (exact) mass is 432 g/mol. The molecule has 0 aliphatic heterocycles. The standard InChI is InChI=1S/C25H24N2O5/c1-2-30-25(29)18-32-23-8-5-7-20(16-23)27-24(28)14-11-19-9-12-22(13-10-19)31-17-21-6-3-4-15-26-21/h3-16H,2,17-18H2,1H3,(H,27,28)/b14-11+. The van der Waals surface area contributed by atoms with Crippen molar-refractivity contribution in [1.82, 2.24) is 4.98 Å². The van der Waals surface area contributed by atoms with Crippen LogP contribution in [0.3, 0.4) is 0 Å². The molecule has 32 heavy (non-hydrogen) atoms. The number of carbonyl (C=O) groups excluding carboxylic acids is 2. The number of hydrogen-bond donors (Lipinski definition) is 1. The summed E-state index contributed by atoms with van der Waals surface area (Å²) in [4.78, 5) is 27.8. The second-order valence-corrected chi connectivity index (χ2v) is 6.62. The molecule has 1 N–H and O–H groups in total. The van der Waals surface area contributed by atoms with Crippen LogP contribution in [-0.2, 0) is 20.9 Å². The predicted molar refractivity (Wildman–Crippen MR) is 121 cm³/mol. The number of pyridine rings is 1. The summed E-state index contributed by atoms with van der Waals surface area (Å²) in [6.07, 6.45) is 4.87. The fourth-order valence-corrected chi connectivity index (χ4v) is 2.68. The minimum absolute atomic E-state index is 0.188. The molecule has 0 aliphatic carbocycles. The van der Waals surface area contributed by atoms with Crippen LogP contribution in [0.1, 0.15) is 18.2 Å². The first kappa shape index (κ1) is 22.6. The van der Waals surface area contributed by atoms with Crippen LogP contribution in [0.4, 0.5) is 5.69 Å². The van der Waals surface area contributed by atoms with Crippen molar-refractivity contribution in [2.24, 2.45) is 0 Å². The molecule has 0 atom stereocenters. The number of aromatic nitrogens is 1. The number of anilines is 1. The van der Waals surface area contributed by atoms with Gasteiger partial charge in [-0.25, -0.2) is 4.79 Å². The predicted octanol–water partition coefficient (Wildman–Crippen LogP) is 4.25. The van der Waals surface area contributed by atoms with Crippen molar-refractivity contribution in [2.45, 2.75) is 13.5 Å². The van der Waals surface area contributed by atoms with Crippen LogP contribution in [0.5, 0.6) is 11.5 Å². The first-order valence-corrected chi connectivity index (χ1v) is 10.1. The summed E-state index contributed by atoms with van der Waals surface area (Å²) in [5.41, 5.74) is 2.26. The maximum absolute atomic E-state index is 12.2. The summed E-state index contributed by atoms with van der Waals surface area (Å²) >= 11 is 0. The average molecular weight is 432 g/mol. The molecule has 0 saturated heterocycles. The Morgan fingerprint density at radius 1 is 0.969 bits per heavy atom. The molecule has 1 heterocycles. The molecule has 1 aromatic heterocycles. The Morgan fingerprint density at radius 3 is 2.56 bits per heavy atom. The minimum atomic E-state index is -0.446. The van der Waals surface area contributed by atoms with Gasteiger partial charge in [0.25, 0.3) is 0 Å². The highest BCUT2D eigenvalue weighted by atomic mass is 16.6. The molecule has 3 rings (SSSR count). The molecule has 0 fully saturated rings. The largest absolute Gasteiger partial charge is 0.487 e. The van der Waals surface area contributed by atoms with E-state index in [-0.39, 0.29) is 12.5 Å². The van der Waals surface area contributed by atoms with Crippen LogP contribution in [0.25, 0.3) is 6.08 Å². The number of amides is 1. The zero-order chi connectivity index (χ0) is 22.6. The van der Waals surface area contributed by atoms with Crippen LogP contribution < -0.4 is 14.8 Å². The van der Waals surface area contributed by atoms with Gasteiger partial charge < -0.3 is 19.5 Å². The van der Waals surface area contributed by atoms with Crippen LogP contribution >= 0.6 is 0 Å². The average Bonchev–Trinajstić information content (AvgIpc) is 2.82. The summed E-state index contributed by atoms with van der Waals surface area (Å²) in [5, 5.41) is 2.76. The Balaban J connectivity index is 1.48. The van der Waals surface area contributed by atoms with Crippen LogP contribution in [-0.4, -0.2) is 30.1 Å². The molecule has 0 aliphatic rings. The lowest BCUT2D eigenvalue weighted by molar-refractivity contribution is -0.145. The fraction of sp³-hybridized carbons (Fsp3) is 0.160. The van der Waals surface area contributed by atoms with E-state index in [1.54, 1.807) is 43.5 Å². The minimum Gasteiger partial charge on any atom is -0.487 e. The van der Waals surface area contributed by atoms with E-state index in [0.29, 0.717) is 24.7 Å². The van der Waals surface area contributed by atoms with Crippen molar-refractivity contribution in [3.8, 4) is 11.5 Å². The number of nitrogens with zero attached hydrogens (tertiary/aromatic N) is 1. The molecule has 1 amide bonds. The van der Waals surface area contributed by atoms with Gasteiger partial charge in [-0.1, -0.05) is 24.3 Å². The smallest absolute Gasteiger partial charge is 0.344 e. The molecular weight excluding hydrogens is 408 g/mol. The van der Waals surface area contributed by atoms with Crippen molar-refractivity contribution in [2.75, 3.05) is 18.5 Å². The third-order valence-corrected chi connectivity index (χ3v) is 4.18. The van der Waals surface area contributed by atoms with Crippen LogP contribution in [0.15, 0.2) is 79.0 Å². The van der Waals surface area contributed by atoms with Crippen molar-refractivity contribution in [3.63, 3.8) is 0 Å². The number of esters is 1. The van der Waals surface area contributed by atoms with Crippen LogP contribution in [0, 0.1) is 0 Å². The SMILES string of the molecule is CCOC(=O)COc1cccc(NC(=O)/C=C/c2ccc(OCc3ccccn3)cc2)c1. The van der Waals surface area contributed by atoms with Crippen LogP contribution in [0.2, 0.25) is 0 Å². The van der Waals surface area contributed by atoms with E-state index in [2.05, 4.69) is 10.3 Å². The van der Waals surface area contributed by atoms with Crippen molar-refractivity contribution in [3.05, 3.63) is 90.3 Å². The highest BCUT2D eigenvalue weighted by Crippen LogP contribution is 2.18. The zero-order valence-corrected chi connectivity index (χ0v) is 17.7. The van der Waals surface area contributed by atoms with Gasteiger partial charge in [0, 0.05) is 24.0 Å². The van der Waals surface area contributed by atoms with Gasteiger partial charge in [0.15, 0.2) is 6.61 Å². The molecule has 3 aromatic rings. The van der Waals surface area contributed by atoms with Gasteiger partial charge in [-0.15, -0.1) is 0 Å². The Bertz CT molecular complexity index is 1050. The lowest BCUT2D eigenvalue weighted by atomic mass is 10.2. The van der Waals surface area contributed by atoms with Gasteiger partial charge in [0.1, 0.15) is 18.1 Å². The molecule has 0 saturated carbocycles. The van der Waals surface area contributed by atoms with Gasteiger partial charge in [-0.2, -0.15) is 0 Å². The van der Waals surface area contributed by atoms with E-state index in [0.717, 1.165) is 17.0 Å². The lowest BCUT2D eigenvalue weighted by Gasteiger charge is -2.08. The molecule has 2 aromatic carbocycles. The molecule has 0 radical (unpaired) electrons. The maximum Gasteiger partial charge on any atom is 0.344 e. The van der Waals surface area contributed by atoms with Gasteiger partial charge in [-0.3, -0.25) is 9.78 Å². The molecule has 0 unspecified atom stereocenters. The van der Waals surface area contributed by atoms with E-state index in [9.17, 15) is 9.59 Å².